The molecule has 2 aliphatic rings. The number of rotatable bonds is 2. The van der Waals surface area contributed by atoms with Gasteiger partial charge in [-0.25, -0.2) is 4.79 Å². The molecule has 1 saturated heterocycles. The molecule has 1 saturated carbocycles. The molecule has 4 rings (SSSR count). The lowest BCUT2D eigenvalue weighted by molar-refractivity contribution is -0.183. The van der Waals surface area contributed by atoms with Crippen LogP contribution in [0.25, 0.3) is 5.65 Å². The van der Waals surface area contributed by atoms with Crippen molar-refractivity contribution in [3.05, 3.63) is 30.2 Å². The number of carbonyl (C=O) groups is 1. The van der Waals surface area contributed by atoms with Gasteiger partial charge in [0.2, 0.25) is 0 Å². The van der Waals surface area contributed by atoms with Crippen molar-refractivity contribution in [2.24, 2.45) is 11.3 Å². The molecule has 2 fully saturated rings. The van der Waals surface area contributed by atoms with Gasteiger partial charge in [-0.1, -0.05) is 13.8 Å². The van der Waals surface area contributed by atoms with E-state index in [1.54, 1.807) is 29.1 Å². The maximum atomic E-state index is 12.4. The van der Waals surface area contributed by atoms with Crippen molar-refractivity contribution in [2.45, 2.75) is 32.5 Å². The van der Waals surface area contributed by atoms with Crippen LogP contribution in [0.1, 0.15) is 30.6 Å². The maximum absolute atomic E-state index is 12.4. The third-order valence-corrected chi connectivity index (χ3v) is 4.75. The fourth-order valence-electron chi connectivity index (χ4n) is 3.65. The van der Waals surface area contributed by atoms with Crippen LogP contribution >= 0.6 is 0 Å². The fraction of sp³-hybridized carbons (Fsp3) is 0.533. The van der Waals surface area contributed by atoms with Gasteiger partial charge in [0.05, 0.1) is 11.7 Å². The summed E-state index contributed by atoms with van der Waals surface area (Å²) in [5.74, 6) is 0.0385. The van der Waals surface area contributed by atoms with Crippen LogP contribution in [-0.2, 0) is 9.47 Å². The van der Waals surface area contributed by atoms with Gasteiger partial charge in [-0.15, -0.1) is 10.2 Å². The molecule has 6 nitrogen and oxygen atoms in total. The molecule has 3 atom stereocenters. The molecule has 2 aromatic rings. The topological polar surface area (TPSA) is 65.7 Å². The number of ether oxygens (including phenoxy) is 2. The monoisotopic (exact) mass is 287 g/mol. The molecule has 2 aromatic heterocycles. The summed E-state index contributed by atoms with van der Waals surface area (Å²) in [4.78, 5) is 12.4. The first kappa shape index (κ1) is 12.8. The molecule has 0 amide bonds. The van der Waals surface area contributed by atoms with Crippen LogP contribution in [-0.4, -0.2) is 39.4 Å². The molecule has 1 aliphatic carbocycles. The van der Waals surface area contributed by atoms with E-state index in [9.17, 15) is 4.79 Å². The van der Waals surface area contributed by atoms with Gasteiger partial charge < -0.3 is 9.47 Å². The average molecular weight is 287 g/mol. The summed E-state index contributed by atoms with van der Waals surface area (Å²) in [6, 6.07) is 3.48. The molecule has 110 valence electrons. The average Bonchev–Trinajstić information content (AvgIpc) is 3.11. The number of carbonyl (C=O) groups excluding carboxylic acids is 1. The summed E-state index contributed by atoms with van der Waals surface area (Å²) in [6.07, 6.45) is 4.38. The van der Waals surface area contributed by atoms with Crippen LogP contribution in [0.5, 0.6) is 0 Å². The van der Waals surface area contributed by atoms with Crippen LogP contribution in [0.4, 0.5) is 0 Å². The molecule has 0 unspecified atom stereocenters. The summed E-state index contributed by atoms with van der Waals surface area (Å²) < 4.78 is 13.2. The molecule has 0 bridgehead atoms. The summed E-state index contributed by atoms with van der Waals surface area (Å²) in [6.45, 7) is 4.96. The number of esters is 1. The third-order valence-electron chi connectivity index (χ3n) is 4.75. The van der Waals surface area contributed by atoms with Crippen LogP contribution in [0, 0.1) is 11.3 Å². The van der Waals surface area contributed by atoms with E-state index in [1.807, 2.05) is 0 Å². The molecule has 0 N–H and O–H groups in total. The summed E-state index contributed by atoms with van der Waals surface area (Å²) in [7, 11) is 0. The van der Waals surface area contributed by atoms with E-state index in [2.05, 4.69) is 24.0 Å². The standard InChI is InChI=1S/C15H17N3O3/c1-15(2)12-10(5-6-20-12)13(15)21-14(19)9-3-4-11-17-16-8-18(11)7-9/h3-4,7-8,10,12-13H,5-6H2,1-2H3/t10-,12-,13-/m1/s1. The van der Waals surface area contributed by atoms with Gasteiger partial charge in [-0.05, 0) is 18.6 Å². The second-order valence-corrected chi connectivity index (χ2v) is 6.41. The van der Waals surface area contributed by atoms with Crippen molar-refractivity contribution < 1.29 is 14.3 Å². The molecular weight excluding hydrogens is 270 g/mol. The van der Waals surface area contributed by atoms with E-state index in [-0.39, 0.29) is 23.6 Å². The summed E-state index contributed by atoms with van der Waals surface area (Å²) in [5.41, 5.74) is 1.11. The van der Waals surface area contributed by atoms with Gasteiger partial charge in [0.15, 0.2) is 5.65 Å². The Hall–Kier alpha value is -1.95. The van der Waals surface area contributed by atoms with E-state index < -0.39 is 0 Å². The van der Waals surface area contributed by atoms with E-state index in [0.29, 0.717) is 17.1 Å². The predicted octanol–water partition coefficient (Wildman–Crippen LogP) is 1.70. The number of nitrogens with zero attached hydrogens (tertiary/aromatic N) is 3. The summed E-state index contributed by atoms with van der Waals surface area (Å²) >= 11 is 0. The van der Waals surface area contributed by atoms with Gasteiger partial charge >= 0.3 is 5.97 Å². The Morgan fingerprint density at radius 1 is 1.48 bits per heavy atom. The van der Waals surface area contributed by atoms with E-state index in [4.69, 9.17) is 9.47 Å². The molecule has 0 radical (unpaired) electrons. The highest BCUT2D eigenvalue weighted by atomic mass is 16.6. The van der Waals surface area contributed by atoms with Crippen LogP contribution in [0.15, 0.2) is 24.7 Å². The number of fused-ring (bicyclic) bond motifs is 2. The van der Waals surface area contributed by atoms with E-state index in [1.165, 1.54) is 0 Å². The van der Waals surface area contributed by atoms with Crippen molar-refractivity contribution in [1.82, 2.24) is 14.6 Å². The highest BCUT2D eigenvalue weighted by molar-refractivity contribution is 5.89. The molecule has 6 heteroatoms. The molecular formula is C15H17N3O3. The Morgan fingerprint density at radius 2 is 2.33 bits per heavy atom. The second kappa shape index (κ2) is 4.27. The highest BCUT2D eigenvalue weighted by Gasteiger charge is 2.61. The quantitative estimate of drug-likeness (QED) is 0.787. The number of hydrogen-bond donors (Lipinski definition) is 0. The first-order valence-electron chi connectivity index (χ1n) is 7.19. The number of aromatic nitrogens is 3. The van der Waals surface area contributed by atoms with Crippen molar-refractivity contribution in [2.75, 3.05) is 6.61 Å². The van der Waals surface area contributed by atoms with E-state index in [0.717, 1.165) is 13.0 Å². The number of hydrogen-bond acceptors (Lipinski definition) is 5. The Bertz CT molecular complexity index is 709. The SMILES string of the molecule is CC1(C)[C@@H]2OCC[C@H]2[C@H]1OC(=O)c1ccc2nncn2c1. The number of pyridine rings is 1. The van der Waals surface area contributed by atoms with Crippen molar-refractivity contribution in [3.8, 4) is 0 Å². The lowest BCUT2D eigenvalue weighted by Crippen LogP contribution is -2.61. The lowest BCUT2D eigenvalue weighted by atomic mass is 9.59. The minimum absolute atomic E-state index is 0.0749. The van der Waals surface area contributed by atoms with Gasteiger partial charge in [-0.3, -0.25) is 4.40 Å². The van der Waals surface area contributed by atoms with Crippen LogP contribution < -0.4 is 0 Å². The zero-order chi connectivity index (χ0) is 14.6. The Kier molecular flexibility index (Phi) is 2.60. The second-order valence-electron chi connectivity index (χ2n) is 6.41. The largest absolute Gasteiger partial charge is 0.458 e. The maximum Gasteiger partial charge on any atom is 0.339 e. The predicted molar refractivity (Wildman–Crippen MR) is 73.8 cm³/mol. The van der Waals surface area contributed by atoms with Crippen molar-refractivity contribution >= 4 is 11.6 Å². The summed E-state index contributed by atoms with van der Waals surface area (Å²) in [5, 5.41) is 7.72. The van der Waals surface area contributed by atoms with Crippen LogP contribution in [0.2, 0.25) is 0 Å². The molecule has 21 heavy (non-hydrogen) atoms. The Morgan fingerprint density at radius 3 is 3.19 bits per heavy atom. The van der Waals surface area contributed by atoms with Gasteiger partial charge in [-0.2, -0.15) is 0 Å². The highest BCUT2D eigenvalue weighted by Crippen LogP contribution is 2.53. The third kappa shape index (κ3) is 1.78. The first-order valence-corrected chi connectivity index (χ1v) is 7.19. The molecule has 0 spiro atoms. The van der Waals surface area contributed by atoms with Gasteiger partial charge in [0.1, 0.15) is 12.4 Å². The molecule has 1 aliphatic heterocycles. The Labute approximate surface area is 122 Å². The van der Waals surface area contributed by atoms with Crippen molar-refractivity contribution in [3.63, 3.8) is 0 Å². The Balaban J connectivity index is 1.55. The van der Waals surface area contributed by atoms with Crippen molar-refractivity contribution in [1.29, 1.82) is 0 Å². The molecule has 3 heterocycles. The smallest absolute Gasteiger partial charge is 0.339 e. The van der Waals surface area contributed by atoms with Crippen LogP contribution in [0.3, 0.4) is 0 Å². The zero-order valence-electron chi connectivity index (χ0n) is 12.0. The normalized spacial score (nSPS) is 29.9. The zero-order valence-corrected chi connectivity index (χ0v) is 12.0. The molecule has 0 aromatic carbocycles. The minimum atomic E-state index is -0.297. The van der Waals surface area contributed by atoms with Gasteiger partial charge in [0.25, 0.3) is 0 Å². The lowest BCUT2D eigenvalue weighted by Gasteiger charge is -2.53. The fourth-order valence-corrected chi connectivity index (χ4v) is 3.65. The minimum Gasteiger partial charge on any atom is -0.458 e. The first-order chi connectivity index (χ1) is 10.1. The van der Waals surface area contributed by atoms with E-state index >= 15 is 0 Å². The van der Waals surface area contributed by atoms with Gasteiger partial charge in [0, 0.05) is 24.1 Å².